The molecule has 2 amide bonds. The Morgan fingerprint density at radius 2 is 1.81 bits per heavy atom. The number of aldehydes is 1. The molecule has 0 aliphatic carbocycles. The van der Waals surface area contributed by atoms with Gasteiger partial charge in [-0.2, -0.15) is 0 Å². The minimum absolute atomic E-state index is 0.130. The number of carbonyl (C=O) groups excluding carboxylic acids is 3. The molecule has 0 saturated heterocycles. The van der Waals surface area contributed by atoms with Crippen LogP contribution in [0.25, 0.3) is 0 Å². The highest BCUT2D eigenvalue weighted by atomic mass is 16.6. The van der Waals surface area contributed by atoms with Crippen molar-refractivity contribution in [1.82, 2.24) is 10.6 Å². The van der Waals surface area contributed by atoms with Gasteiger partial charge in [0.15, 0.2) is 6.29 Å². The van der Waals surface area contributed by atoms with Gasteiger partial charge in [-0.15, -0.1) is 0 Å². The van der Waals surface area contributed by atoms with Crippen molar-refractivity contribution in [2.24, 2.45) is 0 Å². The van der Waals surface area contributed by atoms with Crippen molar-refractivity contribution in [2.75, 3.05) is 6.54 Å². The van der Waals surface area contributed by atoms with Gasteiger partial charge in [-0.05, 0) is 39.2 Å². The number of rotatable bonds is 8. The molecule has 1 aromatic carbocycles. The van der Waals surface area contributed by atoms with Crippen molar-refractivity contribution >= 4 is 18.5 Å². The Hall–Kier alpha value is -2.83. The number of ether oxygens (including phenoxy) is 2. The molecular formula is C19H26N2O5. The first-order chi connectivity index (χ1) is 12.3. The Kier molecular flexibility index (Phi) is 8.91. The molecule has 142 valence electrons. The Morgan fingerprint density at radius 3 is 2.42 bits per heavy atom. The summed E-state index contributed by atoms with van der Waals surface area (Å²) in [4.78, 5) is 34.1. The topological polar surface area (TPSA) is 93.7 Å². The smallest absolute Gasteiger partial charge is 0.412 e. The molecule has 0 aliphatic rings. The number of benzene rings is 1. The SMILES string of the molecule is CC(C)(C)OC(=O)N/C(C=O)=C\CCCNC(=O)OCc1ccccc1. The van der Waals surface area contributed by atoms with Gasteiger partial charge in [-0.3, -0.25) is 10.1 Å². The molecule has 0 radical (unpaired) electrons. The largest absolute Gasteiger partial charge is 0.445 e. The second kappa shape index (κ2) is 10.9. The molecule has 0 aromatic heterocycles. The van der Waals surface area contributed by atoms with Crippen LogP contribution in [0, 0.1) is 0 Å². The van der Waals surface area contributed by atoms with E-state index in [9.17, 15) is 14.4 Å². The first kappa shape index (κ1) is 21.2. The molecule has 0 aliphatic heterocycles. The highest BCUT2D eigenvalue weighted by Gasteiger charge is 2.16. The van der Waals surface area contributed by atoms with Crippen LogP contribution < -0.4 is 10.6 Å². The van der Waals surface area contributed by atoms with E-state index in [1.807, 2.05) is 30.3 Å². The van der Waals surface area contributed by atoms with Crippen molar-refractivity contribution in [3.63, 3.8) is 0 Å². The standard InChI is InChI=1S/C19H26N2O5/c1-19(2,3)26-18(24)21-16(13-22)11-7-8-12-20-17(23)25-14-15-9-5-4-6-10-15/h4-6,9-11,13H,7-8,12,14H2,1-3H3,(H,20,23)(H,21,24)/b16-11-. The van der Waals surface area contributed by atoms with Gasteiger partial charge in [-0.1, -0.05) is 36.4 Å². The fourth-order valence-corrected chi connectivity index (χ4v) is 1.87. The van der Waals surface area contributed by atoms with Crippen LogP contribution in [0.3, 0.4) is 0 Å². The van der Waals surface area contributed by atoms with Gasteiger partial charge >= 0.3 is 12.2 Å². The highest BCUT2D eigenvalue weighted by Crippen LogP contribution is 2.07. The summed E-state index contributed by atoms with van der Waals surface area (Å²) in [5.74, 6) is 0. The fraction of sp³-hybridized carbons (Fsp3) is 0.421. The van der Waals surface area contributed by atoms with Crippen LogP contribution in [-0.2, 0) is 20.9 Å². The fourth-order valence-electron chi connectivity index (χ4n) is 1.87. The van der Waals surface area contributed by atoms with E-state index < -0.39 is 17.8 Å². The van der Waals surface area contributed by atoms with Crippen LogP contribution in [0.4, 0.5) is 9.59 Å². The monoisotopic (exact) mass is 362 g/mol. The van der Waals surface area contributed by atoms with Gasteiger partial charge in [0, 0.05) is 6.54 Å². The maximum absolute atomic E-state index is 11.6. The molecule has 1 rings (SSSR count). The van der Waals surface area contributed by atoms with E-state index in [4.69, 9.17) is 9.47 Å². The van der Waals surface area contributed by atoms with Crippen LogP contribution in [-0.4, -0.2) is 30.6 Å². The molecule has 0 saturated carbocycles. The van der Waals surface area contributed by atoms with Gasteiger partial charge in [-0.25, -0.2) is 9.59 Å². The van der Waals surface area contributed by atoms with Gasteiger partial charge in [0.05, 0.1) is 5.70 Å². The lowest BCUT2D eigenvalue weighted by atomic mass is 10.2. The van der Waals surface area contributed by atoms with Crippen molar-refractivity contribution in [3.8, 4) is 0 Å². The minimum Gasteiger partial charge on any atom is -0.445 e. The van der Waals surface area contributed by atoms with Gasteiger partial charge in [0.1, 0.15) is 12.2 Å². The number of carbonyl (C=O) groups is 3. The van der Waals surface area contributed by atoms with E-state index in [2.05, 4.69) is 10.6 Å². The van der Waals surface area contributed by atoms with Gasteiger partial charge < -0.3 is 14.8 Å². The number of nitrogens with one attached hydrogen (secondary N) is 2. The van der Waals surface area contributed by atoms with E-state index in [0.717, 1.165) is 5.56 Å². The Bertz CT molecular complexity index is 621. The first-order valence-corrected chi connectivity index (χ1v) is 8.40. The molecule has 1 aromatic rings. The lowest BCUT2D eigenvalue weighted by molar-refractivity contribution is -0.105. The van der Waals surface area contributed by atoms with Crippen molar-refractivity contribution in [1.29, 1.82) is 0 Å². The van der Waals surface area contributed by atoms with E-state index >= 15 is 0 Å². The zero-order valence-corrected chi connectivity index (χ0v) is 15.4. The summed E-state index contributed by atoms with van der Waals surface area (Å²) in [6, 6.07) is 9.38. The summed E-state index contributed by atoms with van der Waals surface area (Å²) < 4.78 is 10.1. The number of allylic oxidation sites excluding steroid dienone is 2. The quantitative estimate of drug-likeness (QED) is 0.420. The third-order valence-electron chi connectivity index (χ3n) is 3.00. The lowest BCUT2D eigenvalue weighted by Crippen LogP contribution is -2.32. The Morgan fingerprint density at radius 1 is 1.12 bits per heavy atom. The lowest BCUT2D eigenvalue weighted by Gasteiger charge is -2.19. The van der Waals surface area contributed by atoms with Crippen LogP contribution >= 0.6 is 0 Å². The molecule has 0 fully saturated rings. The van der Waals surface area contributed by atoms with Gasteiger partial charge in [0.2, 0.25) is 0 Å². The average molecular weight is 362 g/mol. The summed E-state index contributed by atoms with van der Waals surface area (Å²) in [7, 11) is 0. The molecular weight excluding hydrogens is 336 g/mol. The minimum atomic E-state index is -0.682. The summed E-state index contributed by atoms with van der Waals surface area (Å²) in [5, 5.41) is 5.01. The zero-order chi connectivity index (χ0) is 19.4. The Balaban J connectivity index is 2.22. The first-order valence-electron chi connectivity index (χ1n) is 8.40. The second-order valence-corrected chi connectivity index (χ2v) is 6.53. The normalized spacial score (nSPS) is 11.4. The third-order valence-corrected chi connectivity index (χ3v) is 3.00. The van der Waals surface area contributed by atoms with Gasteiger partial charge in [0.25, 0.3) is 0 Å². The number of alkyl carbamates (subject to hydrolysis) is 2. The van der Waals surface area contributed by atoms with E-state index in [0.29, 0.717) is 25.7 Å². The van der Waals surface area contributed by atoms with E-state index in [1.165, 1.54) is 0 Å². The molecule has 2 N–H and O–H groups in total. The summed E-state index contributed by atoms with van der Waals surface area (Å²) in [6.45, 7) is 5.81. The number of hydrogen-bond acceptors (Lipinski definition) is 5. The zero-order valence-electron chi connectivity index (χ0n) is 15.4. The number of hydrogen-bond donors (Lipinski definition) is 2. The molecule has 0 atom stereocenters. The van der Waals surface area contributed by atoms with Crippen molar-refractivity contribution in [3.05, 3.63) is 47.7 Å². The molecule has 26 heavy (non-hydrogen) atoms. The summed E-state index contributed by atoms with van der Waals surface area (Å²) >= 11 is 0. The van der Waals surface area contributed by atoms with Crippen molar-refractivity contribution in [2.45, 2.75) is 45.8 Å². The molecule has 0 unspecified atom stereocenters. The molecule has 7 nitrogen and oxygen atoms in total. The molecule has 0 bridgehead atoms. The van der Waals surface area contributed by atoms with E-state index in [-0.39, 0.29) is 12.3 Å². The van der Waals surface area contributed by atoms with Crippen LogP contribution in [0.2, 0.25) is 0 Å². The summed E-state index contributed by atoms with van der Waals surface area (Å²) in [5.41, 5.74) is 0.405. The van der Waals surface area contributed by atoms with Crippen LogP contribution in [0.1, 0.15) is 39.2 Å². The average Bonchev–Trinajstić information content (AvgIpc) is 2.58. The second-order valence-electron chi connectivity index (χ2n) is 6.53. The maximum Gasteiger partial charge on any atom is 0.412 e. The predicted molar refractivity (Wildman–Crippen MR) is 97.4 cm³/mol. The maximum atomic E-state index is 11.6. The predicted octanol–water partition coefficient (Wildman–Crippen LogP) is 3.30. The summed E-state index contributed by atoms with van der Waals surface area (Å²) in [6.07, 6.45) is 2.04. The Labute approximate surface area is 153 Å². The molecule has 7 heteroatoms. The number of unbranched alkanes of at least 4 members (excludes halogenated alkanes) is 1. The van der Waals surface area contributed by atoms with Crippen LogP contribution in [0.5, 0.6) is 0 Å². The number of amides is 2. The molecule has 0 heterocycles. The highest BCUT2D eigenvalue weighted by molar-refractivity contribution is 5.81. The molecule has 0 spiro atoms. The van der Waals surface area contributed by atoms with Crippen molar-refractivity contribution < 1.29 is 23.9 Å². The van der Waals surface area contributed by atoms with E-state index in [1.54, 1.807) is 26.8 Å². The van der Waals surface area contributed by atoms with Crippen LogP contribution in [0.15, 0.2) is 42.1 Å². The third kappa shape index (κ3) is 10.1.